The highest BCUT2D eigenvalue weighted by atomic mass is 16.5. The molecule has 2 aromatic heterocycles. The van der Waals surface area contributed by atoms with Crippen molar-refractivity contribution in [2.24, 2.45) is 0 Å². The van der Waals surface area contributed by atoms with Crippen LogP contribution in [0.4, 0.5) is 0 Å². The van der Waals surface area contributed by atoms with Gasteiger partial charge in [0.2, 0.25) is 0 Å². The van der Waals surface area contributed by atoms with Crippen molar-refractivity contribution in [3.05, 3.63) is 71.5 Å². The van der Waals surface area contributed by atoms with Crippen molar-refractivity contribution in [2.45, 2.75) is 26.0 Å². The van der Waals surface area contributed by atoms with Gasteiger partial charge < -0.3 is 19.6 Å². The average Bonchev–Trinajstić information content (AvgIpc) is 3.42. The number of ether oxygens (including phenoxy) is 1. The molecule has 0 bridgehead atoms. The Balaban J connectivity index is 1.29. The quantitative estimate of drug-likeness (QED) is 0.565. The highest BCUT2D eigenvalue weighted by Gasteiger charge is 2.20. The summed E-state index contributed by atoms with van der Waals surface area (Å²) in [5.74, 6) is 1.46. The van der Waals surface area contributed by atoms with E-state index in [4.69, 9.17) is 9.26 Å². The Labute approximate surface area is 161 Å². The standard InChI is InChI=1S/C22H19N3O3/c1-13-8-15-9-14(6-7-20(15)27-13)21-10-16(25-28-21)11-24-22(26)18-12-23-19-5-3-2-4-17(18)19/h2-7,9-10,12-13,23H,8,11H2,1H3,(H,24,26). The average molecular weight is 373 g/mol. The van der Waals surface area contributed by atoms with Crippen LogP contribution in [-0.2, 0) is 13.0 Å². The molecule has 6 nitrogen and oxygen atoms in total. The maximum absolute atomic E-state index is 12.5. The summed E-state index contributed by atoms with van der Waals surface area (Å²) >= 11 is 0. The van der Waals surface area contributed by atoms with Gasteiger partial charge in [-0.25, -0.2) is 0 Å². The number of nitrogens with one attached hydrogen (secondary N) is 2. The van der Waals surface area contributed by atoms with E-state index in [9.17, 15) is 4.79 Å². The molecule has 2 aromatic carbocycles. The summed E-state index contributed by atoms with van der Waals surface area (Å²) in [6.45, 7) is 2.36. The molecule has 6 heteroatoms. The number of hydrogen-bond donors (Lipinski definition) is 2. The molecule has 28 heavy (non-hydrogen) atoms. The highest BCUT2D eigenvalue weighted by molar-refractivity contribution is 6.06. The van der Waals surface area contributed by atoms with Crippen molar-refractivity contribution in [3.8, 4) is 17.1 Å². The molecule has 1 aliphatic heterocycles. The Morgan fingerprint density at radius 2 is 2.14 bits per heavy atom. The number of carbonyl (C=O) groups excluding carboxylic acids is 1. The number of fused-ring (bicyclic) bond motifs is 2. The van der Waals surface area contributed by atoms with Crippen molar-refractivity contribution >= 4 is 16.8 Å². The molecule has 1 atom stereocenters. The SMILES string of the molecule is CC1Cc2cc(-c3cc(CNC(=O)c4c[nH]c5ccccc45)no3)ccc2O1. The Kier molecular flexibility index (Phi) is 3.90. The van der Waals surface area contributed by atoms with Gasteiger partial charge in [-0.3, -0.25) is 4.79 Å². The normalized spacial score (nSPS) is 15.4. The van der Waals surface area contributed by atoms with Crippen LogP contribution in [0.2, 0.25) is 0 Å². The van der Waals surface area contributed by atoms with E-state index < -0.39 is 0 Å². The summed E-state index contributed by atoms with van der Waals surface area (Å²) in [6, 6.07) is 15.6. The Bertz CT molecular complexity index is 1170. The molecular formula is C22H19N3O3. The minimum Gasteiger partial charge on any atom is -0.490 e. The smallest absolute Gasteiger partial charge is 0.253 e. The molecule has 3 heterocycles. The van der Waals surface area contributed by atoms with Gasteiger partial charge >= 0.3 is 0 Å². The van der Waals surface area contributed by atoms with Gasteiger partial charge in [0, 0.05) is 35.2 Å². The third-order valence-electron chi connectivity index (χ3n) is 5.00. The van der Waals surface area contributed by atoms with E-state index in [2.05, 4.69) is 28.4 Å². The first-order valence-corrected chi connectivity index (χ1v) is 9.27. The van der Waals surface area contributed by atoms with E-state index in [0.29, 0.717) is 23.6 Å². The van der Waals surface area contributed by atoms with Gasteiger partial charge in [-0.1, -0.05) is 23.4 Å². The summed E-state index contributed by atoms with van der Waals surface area (Å²) in [6.07, 6.45) is 2.82. The molecule has 0 saturated carbocycles. The van der Waals surface area contributed by atoms with Gasteiger partial charge in [0.1, 0.15) is 17.5 Å². The molecule has 140 valence electrons. The topological polar surface area (TPSA) is 80.2 Å². The molecule has 4 aromatic rings. The minimum absolute atomic E-state index is 0.148. The van der Waals surface area contributed by atoms with E-state index in [-0.39, 0.29) is 12.0 Å². The van der Waals surface area contributed by atoms with Crippen molar-refractivity contribution in [1.82, 2.24) is 15.5 Å². The van der Waals surface area contributed by atoms with Crippen LogP contribution in [0.5, 0.6) is 5.75 Å². The first kappa shape index (κ1) is 16.6. The number of para-hydroxylation sites is 1. The fraction of sp³-hybridized carbons (Fsp3) is 0.182. The zero-order chi connectivity index (χ0) is 19.1. The second-order valence-electron chi connectivity index (χ2n) is 7.07. The van der Waals surface area contributed by atoms with Crippen LogP contribution in [0.25, 0.3) is 22.2 Å². The molecule has 0 aliphatic carbocycles. The van der Waals surface area contributed by atoms with E-state index in [0.717, 1.165) is 28.6 Å². The minimum atomic E-state index is -0.148. The molecule has 0 fully saturated rings. The second-order valence-corrected chi connectivity index (χ2v) is 7.07. The second kappa shape index (κ2) is 6.56. The summed E-state index contributed by atoms with van der Waals surface area (Å²) < 4.78 is 11.2. The number of benzene rings is 2. The number of rotatable bonds is 4. The Morgan fingerprint density at radius 1 is 1.25 bits per heavy atom. The van der Waals surface area contributed by atoms with E-state index >= 15 is 0 Å². The molecule has 1 amide bonds. The largest absolute Gasteiger partial charge is 0.490 e. The highest BCUT2D eigenvalue weighted by Crippen LogP contribution is 2.33. The third kappa shape index (κ3) is 2.93. The molecule has 1 unspecified atom stereocenters. The summed E-state index contributed by atoms with van der Waals surface area (Å²) in [5, 5.41) is 7.89. The van der Waals surface area contributed by atoms with Gasteiger partial charge in [-0.2, -0.15) is 0 Å². The van der Waals surface area contributed by atoms with Gasteiger partial charge in [-0.15, -0.1) is 0 Å². The molecule has 0 saturated heterocycles. The van der Waals surface area contributed by atoms with Crippen molar-refractivity contribution in [1.29, 1.82) is 0 Å². The Morgan fingerprint density at radius 3 is 3.07 bits per heavy atom. The molecule has 0 radical (unpaired) electrons. The molecule has 1 aliphatic rings. The predicted octanol–water partition coefficient (Wildman–Crippen LogP) is 4.08. The van der Waals surface area contributed by atoms with Crippen LogP contribution < -0.4 is 10.1 Å². The predicted molar refractivity (Wildman–Crippen MR) is 105 cm³/mol. The van der Waals surface area contributed by atoms with Gasteiger partial charge in [0.05, 0.1) is 12.1 Å². The number of H-pyrrole nitrogens is 1. The van der Waals surface area contributed by atoms with E-state index in [1.807, 2.05) is 42.5 Å². The van der Waals surface area contributed by atoms with Crippen LogP contribution >= 0.6 is 0 Å². The summed E-state index contributed by atoms with van der Waals surface area (Å²) in [5.41, 5.74) is 4.36. The van der Waals surface area contributed by atoms with Crippen LogP contribution in [0, 0.1) is 0 Å². The fourth-order valence-electron chi connectivity index (χ4n) is 3.63. The van der Waals surface area contributed by atoms with Crippen molar-refractivity contribution in [3.63, 3.8) is 0 Å². The van der Waals surface area contributed by atoms with E-state index in [1.165, 1.54) is 5.56 Å². The fourth-order valence-corrected chi connectivity index (χ4v) is 3.63. The molecule has 5 rings (SSSR count). The maximum Gasteiger partial charge on any atom is 0.253 e. The number of aromatic amines is 1. The third-order valence-corrected chi connectivity index (χ3v) is 5.00. The number of aromatic nitrogens is 2. The van der Waals surface area contributed by atoms with Gasteiger partial charge in [0.25, 0.3) is 5.91 Å². The number of nitrogens with zero attached hydrogens (tertiary/aromatic N) is 1. The number of amides is 1. The lowest BCUT2D eigenvalue weighted by Crippen LogP contribution is -2.22. The summed E-state index contributed by atoms with van der Waals surface area (Å²) in [4.78, 5) is 15.6. The van der Waals surface area contributed by atoms with Crippen LogP contribution in [-0.4, -0.2) is 22.2 Å². The van der Waals surface area contributed by atoms with Gasteiger partial charge in [-0.05, 0) is 36.8 Å². The van der Waals surface area contributed by atoms with Gasteiger partial charge in [0.15, 0.2) is 5.76 Å². The molecule has 0 spiro atoms. The number of hydrogen-bond acceptors (Lipinski definition) is 4. The first-order valence-electron chi connectivity index (χ1n) is 9.27. The van der Waals surface area contributed by atoms with E-state index in [1.54, 1.807) is 6.20 Å². The monoisotopic (exact) mass is 373 g/mol. The lowest BCUT2D eigenvalue weighted by Gasteiger charge is -2.02. The number of carbonyl (C=O) groups is 1. The van der Waals surface area contributed by atoms with Crippen LogP contribution in [0.15, 0.2) is 59.3 Å². The lowest BCUT2D eigenvalue weighted by molar-refractivity contribution is 0.0952. The lowest BCUT2D eigenvalue weighted by atomic mass is 10.1. The summed E-state index contributed by atoms with van der Waals surface area (Å²) in [7, 11) is 0. The van der Waals surface area contributed by atoms with Crippen LogP contribution in [0.3, 0.4) is 0 Å². The maximum atomic E-state index is 12.5. The first-order chi connectivity index (χ1) is 13.7. The molecule has 2 N–H and O–H groups in total. The van der Waals surface area contributed by atoms with Crippen LogP contribution in [0.1, 0.15) is 28.5 Å². The van der Waals surface area contributed by atoms with Crippen molar-refractivity contribution < 1.29 is 14.1 Å². The zero-order valence-electron chi connectivity index (χ0n) is 15.4. The zero-order valence-corrected chi connectivity index (χ0v) is 15.4. The molecular weight excluding hydrogens is 354 g/mol. The van der Waals surface area contributed by atoms with Crippen molar-refractivity contribution in [2.75, 3.05) is 0 Å². The Hall–Kier alpha value is -3.54.